The maximum Gasteiger partial charge on any atom is 0.216 e. The van der Waals surface area contributed by atoms with Gasteiger partial charge in [-0.05, 0) is 12.1 Å². The summed E-state index contributed by atoms with van der Waals surface area (Å²) in [6, 6.07) is 3.65. The average Bonchev–Trinajstić information content (AvgIpc) is 2.90. The molecule has 6 heteroatoms. The van der Waals surface area contributed by atoms with Crippen LogP contribution in [0.5, 0.6) is 17.2 Å². The van der Waals surface area contributed by atoms with Crippen LogP contribution in [-0.4, -0.2) is 40.4 Å². The highest BCUT2D eigenvalue weighted by molar-refractivity contribution is 5.96. The van der Waals surface area contributed by atoms with E-state index in [4.69, 9.17) is 18.9 Å². The number of ether oxygens (including phenoxy) is 4. The molecule has 0 unspecified atom stereocenters. The fraction of sp³-hybridized carbons (Fsp3) is 0.417. The predicted molar refractivity (Wildman–Crippen MR) is 70.7 cm³/mol. The van der Waals surface area contributed by atoms with Crippen LogP contribution in [0.25, 0.3) is 0 Å². The molecular formula is C12H16ClNO4. The number of aliphatic imine (C=N–C) groups is 1. The number of benzene rings is 1. The van der Waals surface area contributed by atoms with Crippen LogP contribution in [0.4, 0.5) is 0 Å². The van der Waals surface area contributed by atoms with Gasteiger partial charge in [0.2, 0.25) is 11.6 Å². The highest BCUT2D eigenvalue weighted by atomic mass is 35.5. The quantitative estimate of drug-likeness (QED) is 0.841. The van der Waals surface area contributed by atoms with Crippen LogP contribution in [0.2, 0.25) is 0 Å². The lowest BCUT2D eigenvalue weighted by Crippen LogP contribution is -2.03. The van der Waals surface area contributed by atoms with Crippen molar-refractivity contribution in [1.82, 2.24) is 0 Å². The summed E-state index contributed by atoms with van der Waals surface area (Å²) in [5.41, 5.74) is 0.831. The zero-order chi connectivity index (χ0) is 12.3. The standard InChI is InChI=1S/C12H15NO4.ClH/c1-14-9-6-8(12-13-4-5-17-12)7-10(15-2)11(9)16-3;/h6-7H,4-5H2,1-3H3;1H. The average molecular weight is 274 g/mol. The monoisotopic (exact) mass is 273 g/mol. The van der Waals surface area contributed by atoms with Crippen molar-refractivity contribution in [3.63, 3.8) is 0 Å². The third-order valence-corrected chi connectivity index (χ3v) is 2.50. The van der Waals surface area contributed by atoms with Gasteiger partial charge in [-0.15, -0.1) is 12.4 Å². The van der Waals surface area contributed by atoms with E-state index >= 15 is 0 Å². The maximum absolute atomic E-state index is 5.41. The first kappa shape index (κ1) is 14.4. The maximum atomic E-state index is 5.41. The van der Waals surface area contributed by atoms with E-state index in [2.05, 4.69) is 4.99 Å². The minimum atomic E-state index is 0. The third-order valence-electron chi connectivity index (χ3n) is 2.50. The Hall–Kier alpha value is -1.62. The van der Waals surface area contributed by atoms with Crippen LogP contribution in [-0.2, 0) is 4.74 Å². The van der Waals surface area contributed by atoms with Crippen molar-refractivity contribution in [2.24, 2.45) is 4.99 Å². The molecule has 0 saturated heterocycles. The second-order valence-electron chi connectivity index (χ2n) is 3.45. The lowest BCUT2D eigenvalue weighted by molar-refractivity contribution is 0.323. The van der Waals surface area contributed by atoms with Gasteiger partial charge in [-0.1, -0.05) is 0 Å². The normalized spacial score (nSPS) is 13.2. The van der Waals surface area contributed by atoms with Crippen LogP contribution in [0, 0.1) is 0 Å². The van der Waals surface area contributed by atoms with Gasteiger partial charge in [-0.2, -0.15) is 0 Å². The molecule has 0 atom stereocenters. The number of rotatable bonds is 4. The third kappa shape index (κ3) is 2.61. The van der Waals surface area contributed by atoms with Gasteiger partial charge in [0.05, 0.1) is 27.9 Å². The Morgan fingerprint density at radius 1 is 1.06 bits per heavy atom. The summed E-state index contributed by atoms with van der Waals surface area (Å²) >= 11 is 0. The minimum Gasteiger partial charge on any atom is -0.493 e. The molecule has 1 heterocycles. The fourth-order valence-electron chi connectivity index (χ4n) is 1.71. The summed E-state index contributed by atoms with van der Waals surface area (Å²) in [4.78, 5) is 4.25. The smallest absolute Gasteiger partial charge is 0.216 e. The Kier molecular flexibility index (Phi) is 5.09. The first-order chi connectivity index (χ1) is 8.30. The number of hydrogen-bond acceptors (Lipinski definition) is 5. The van der Waals surface area contributed by atoms with E-state index in [1.807, 2.05) is 12.1 Å². The lowest BCUT2D eigenvalue weighted by atomic mass is 10.2. The predicted octanol–water partition coefficient (Wildman–Crippen LogP) is 1.91. The summed E-state index contributed by atoms with van der Waals surface area (Å²) in [6.07, 6.45) is 0. The lowest BCUT2D eigenvalue weighted by Gasteiger charge is -2.13. The molecule has 0 bridgehead atoms. The Balaban J connectivity index is 0.00000162. The van der Waals surface area contributed by atoms with Gasteiger partial charge in [-0.3, -0.25) is 0 Å². The molecule has 1 aromatic carbocycles. The zero-order valence-electron chi connectivity index (χ0n) is 10.6. The molecule has 2 rings (SSSR count). The Bertz CT molecular complexity index is 423. The largest absolute Gasteiger partial charge is 0.493 e. The topological polar surface area (TPSA) is 49.3 Å². The molecule has 0 amide bonds. The summed E-state index contributed by atoms with van der Waals surface area (Å²) in [6.45, 7) is 1.30. The van der Waals surface area contributed by atoms with E-state index in [9.17, 15) is 0 Å². The molecule has 0 radical (unpaired) electrons. The molecule has 0 spiro atoms. The Morgan fingerprint density at radius 3 is 2.06 bits per heavy atom. The van der Waals surface area contributed by atoms with Crippen LogP contribution in [0.3, 0.4) is 0 Å². The van der Waals surface area contributed by atoms with Crippen molar-refractivity contribution in [2.75, 3.05) is 34.5 Å². The number of halogens is 1. The minimum absolute atomic E-state index is 0. The van der Waals surface area contributed by atoms with Gasteiger partial charge in [0.1, 0.15) is 6.61 Å². The van der Waals surface area contributed by atoms with Crippen LogP contribution < -0.4 is 14.2 Å². The zero-order valence-corrected chi connectivity index (χ0v) is 11.4. The van der Waals surface area contributed by atoms with Crippen molar-refractivity contribution >= 4 is 18.3 Å². The van der Waals surface area contributed by atoms with Crippen molar-refractivity contribution in [3.05, 3.63) is 17.7 Å². The van der Waals surface area contributed by atoms with Gasteiger partial charge >= 0.3 is 0 Å². The molecule has 18 heavy (non-hydrogen) atoms. The summed E-state index contributed by atoms with van der Waals surface area (Å²) in [7, 11) is 4.74. The van der Waals surface area contributed by atoms with E-state index < -0.39 is 0 Å². The van der Waals surface area contributed by atoms with Crippen LogP contribution in [0.15, 0.2) is 17.1 Å². The molecule has 1 aliphatic rings. The molecule has 0 aliphatic carbocycles. The highest BCUT2D eigenvalue weighted by Gasteiger charge is 2.18. The van der Waals surface area contributed by atoms with Gasteiger partial charge in [0.15, 0.2) is 11.5 Å². The van der Waals surface area contributed by atoms with E-state index in [1.54, 1.807) is 21.3 Å². The van der Waals surface area contributed by atoms with Crippen LogP contribution >= 0.6 is 12.4 Å². The van der Waals surface area contributed by atoms with Crippen molar-refractivity contribution in [3.8, 4) is 17.2 Å². The molecular weight excluding hydrogens is 258 g/mol. The van der Waals surface area contributed by atoms with E-state index in [1.165, 1.54) is 0 Å². The van der Waals surface area contributed by atoms with Gasteiger partial charge in [-0.25, -0.2) is 4.99 Å². The summed E-state index contributed by atoms with van der Waals surface area (Å²) in [5.74, 6) is 2.38. The molecule has 5 nitrogen and oxygen atoms in total. The number of nitrogens with zero attached hydrogens (tertiary/aromatic N) is 1. The Morgan fingerprint density at radius 2 is 1.67 bits per heavy atom. The first-order valence-electron chi connectivity index (χ1n) is 5.27. The van der Waals surface area contributed by atoms with Crippen molar-refractivity contribution in [2.45, 2.75) is 0 Å². The van der Waals surface area contributed by atoms with Gasteiger partial charge in [0.25, 0.3) is 0 Å². The summed E-state index contributed by atoms with van der Waals surface area (Å²) < 4.78 is 21.2. The van der Waals surface area contributed by atoms with Crippen molar-refractivity contribution < 1.29 is 18.9 Å². The second kappa shape index (κ2) is 6.35. The Labute approximate surface area is 112 Å². The van der Waals surface area contributed by atoms with Gasteiger partial charge in [0, 0.05) is 5.56 Å². The van der Waals surface area contributed by atoms with Crippen LogP contribution in [0.1, 0.15) is 5.56 Å². The van der Waals surface area contributed by atoms with E-state index in [0.717, 1.165) is 5.56 Å². The van der Waals surface area contributed by atoms with Crippen molar-refractivity contribution in [1.29, 1.82) is 0 Å². The molecule has 0 aromatic heterocycles. The second-order valence-corrected chi connectivity index (χ2v) is 3.45. The van der Waals surface area contributed by atoms with Gasteiger partial charge < -0.3 is 18.9 Å². The molecule has 0 N–H and O–H groups in total. The molecule has 1 aliphatic heterocycles. The molecule has 100 valence electrons. The van der Waals surface area contributed by atoms with E-state index in [0.29, 0.717) is 36.3 Å². The molecule has 1 aromatic rings. The molecule has 0 fully saturated rings. The fourth-order valence-corrected chi connectivity index (χ4v) is 1.71. The highest BCUT2D eigenvalue weighted by Crippen LogP contribution is 2.38. The van der Waals surface area contributed by atoms with E-state index in [-0.39, 0.29) is 12.4 Å². The summed E-state index contributed by atoms with van der Waals surface area (Å²) in [5, 5.41) is 0. The SMILES string of the molecule is COc1cc(C2=NCCO2)cc(OC)c1OC.Cl. The number of hydrogen-bond donors (Lipinski definition) is 0. The number of methoxy groups -OCH3 is 3. The first-order valence-corrected chi connectivity index (χ1v) is 5.27. The molecule has 0 saturated carbocycles.